The van der Waals surface area contributed by atoms with Crippen LogP contribution in [0.1, 0.15) is 70.1 Å². The number of nitrogens with zero attached hydrogens (tertiary/aromatic N) is 4. The van der Waals surface area contributed by atoms with Gasteiger partial charge < -0.3 is 35.4 Å². The van der Waals surface area contributed by atoms with Crippen LogP contribution in [0.3, 0.4) is 0 Å². The SMILES string of the molecule is Cc1ccccc1CN(Cc1cnc(N2CCOCC2)nc1)C1CC(C)(C)NC(C)(C)C1.O=C(O)CC(O)(CC(=O)O)C(=O)O. The summed E-state index contributed by atoms with van der Waals surface area (Å²) < 4.78 is 5.46. The molecule has 4 rings (SSSR count). The number of aliphatic hydroxyl groups is 1. The zero-order valence-electron chi connectivity index (χ0n) is 26.8. The number of piperidine rings is 1. The van der Waals surface area contributed by atoms with Crippen molar-refractivity contribution in [1.29, 1.82) is 0 Å². The average Bonchev–Trinajstić information content (AvgIpc) is 2.92. The molecule has 0 radical (unpaired) electrons. The fourth-order valence-electron chi connectivity index (χ4n) is 6.15. The van der Waals surface area contributed by atoms with E-state index in [-0.39, 0.29) is 11.1 Å². The molecule has 5 N–H and O–H groups in total. The molecule has 0 bridgehead atoms. The van der Waals surface area contributed by atoms with Crippen molar-refractivity contribution in [2.45, 2.75) is 96.1 Å². The van der Waals surface area contributed by atoms with Gasteiger partial charge in [0.05, 0.1) is 26.1 Å². The van der Waals surface area contributed by atoms with E-state index in [9.17, 15) is 14.4 Å². The number of aromatic nitrogens is 2. The van der Waals surface area contributed by atoms with E-state index >= 15 is 0 Å². The van der Waals surface area contributed by atoms with Crippen LogP contribution in [-0.4, -0.2) is 102 Å². The summed E-state index contributed by atoms with van der Waals surface area (Å²) in [5, 5.41) is 37.6. The normalized spacial score (nSPS) is 18.2. The lowest BCUT2D eigenvalue weighted by atomic mass is 9.78. The molecule has 45 heavy (non-hydrogen) atoms. The number of morpholine rings is 1. The number of rotatable bonds is 11. The number of ether oxygens (including phenoxy) is 1. The van der Waals surface area contributed by atoms with Gasteiger partial charge in [0.25, 0.3) is 0 Å². The second-order valence-electron chi connectivity index (χ2n) is 13.3. The van der Waals surface area contributed by atoms with Crippen LogP contribution in [-0.2, 0) is 32.2 Å². The van der Waals surface area contributed by atoms with Crippen LogP contribution in [0.5, 0.6) is 0 Å². The zero-order chi connectivity index (χ0) is 33.4. The Bertz CT molecular complexity index is 1280. The molecule has 3 heterocycles. The molecule has 0 aliphatic carbocycles. The highest BCUT2D eigenvalue weighted by molar-refractivity contribution is 5.88. The molecule has 2 saturated heterocycles. The van der Waals surface area contributed by atoms with Gasteiger partial charge in [0, 0.05) is 61.3 Å². The van der Waals surface area contributed by atoms with Crippen molar-refractivity contribution in [3.8, 4) is 0 Å². The van der Waals surface area contributed by atoms with Crippen molar-refractivity contribution in [2.24, 2.45) is 0 Å². The van der Waals surface area contributed by atoms with Gasteiger partial charge in [0.15, 0.2) is 5.60 Å². The third-order valence-electron chi connectivity index (χ3n) is 7.98. The Morgan fingerprint density at radius 3 is 1.98 bits per heavy atom. The predicted octanol–water partition coefficient (Wildman–Crippen LogP) is 2.68. The van der Waals surface area contributed by atoms with E-state index in [1.165, 1.54) is 16.7 Å². The second-order valence-corrected chi connectivity index (χ2v) is 13.3. The van der Waals surface area contributed by atoms with Gasteiger partial charge in [0.1, 0.15) is 0 Å². The van der Waals surface area contributed by atoms with Crippen LogP contribution in [0.25, 0.3) is 0 Å². The van der Waals surface area contributed by atoms with Gasteiger partial charge in [-0.15, -0.1) is 0 Å². The highest BCUT2D eigenvalue weighted by Crippen LogP contribution is 2.33. The first kappa shape index (κ1) is 35.8. The van der Waals surface area contributed by atoms with E-state index < -0.39 is 36.4 Å². The first-order chi connectivity index (χ1) is 21.0. The third-order valence-corrected chi connectivity index (χ3v) is 7.98. The molecule has 2 aromatic rings. The number of aryl methyl sites for hydroxylation is 1. The van der Waals surface area contributed by atoms with E-state index in [4.69, 9.17) is 35.1 Å². The van der Waals surface area contributed by atoms with Gasteiger partial charge in [-0.05, 0) is 58.6 Å². The van der Waals surface area contributed by atoms with Crippen molar-refractivity contribution < 1.29 is 39.5 Å². The van der Waals surface area contributed by atoms with Gasteiger partial charge in [0.2, 0.25) is 5.95 Å². The largest absolute Gasteiger partial charge is 0.481 e. The number of hydrogen-bond donors (Lipinski definition) is 5. The number of carboxylic acids is 3. The molecule has 2 aliphatic rings. The quantitative estimate of drug-likeness (QED) is 0.245. The van der Waals surface area contributed by atoms with Gasteiger partial charge in [-0.2, -0.15) is 0 Å². The van der Waals surface area contributed by atoms with Crippen LogP contribution >= 0.6 is 0 Å². The number of carboxylic acid groups (broad SMARTS) is 3. The van der Waals surface area contributed by atoms with Crippen molar-refractivity contribution in [1.82, 2.24) is 20.2 Å². The molecule has 2 fully saturated rings. The second kappa shape index (κ2) is 15.1. The van der Waals surface area contributed by atoms with E-state index in [1.54, 1.807) is 0 Å². The standard InChI is InChI=1S/C26H39N5O.C6H8O7/c1-20-8-6-7-9-22(20)19-31(23-14-25(2,3)29-26(4,5)15-23)18-21-16-27-24(28-17-21)30-10-12-32-13-11-30;7-3(8)1-6(13,5(11)12)2-4(9)10/h6-9,16-17,23,29H,10-15,18-19H2,1-5H3;13H,1-2H2,(H,7,8)(H,9,10)(H,11,12). The smallest absolute Gasteiger partial charge is 0.336 e. The van der Waals surface area contributed by atoms with Gasteiger partial charge in [-0.25, -0.2) is 14.8 Å². The molecule has 1 aromatic carbocycles. The lowest BCUT2D eigenvalue weighted by molar-refractivity contribution is -0.170. The summed E-state index contributed by atoms with van der Waals surface area (Å²) >= 11 is 0. The highest BCUT2D eigenvalue weighted by atomic mass is 16.5. The molecule has 0 unspecified atom stereocenters. The van der Waals surface area contributed by atoms with Crippen LogP contribution in [0.2, 0.25) is 0 Å². The first-order valence-electron chi connectivity index (χ1n) is 15.1. The Balaban J connectivity index is 0.000000360. The number of benzene rings is 1. The van der Waals surface area contributed by atoms with Crippen LogP contribution in [0.15, 0.2) is 36.7 Å². The fourth-order valence-corrected chi connectivity index (χ4v) is 6.15. The minimum Gasteiger partial charge on any atom is -0.481 e. The highest BCUT2D eigenvalue weighted by Gasteiger charge is 2.41. The number of carbonyl (C=O) groups is 3. The van der Waals surface area contributed by atoms with Gasteiger partial charge >= 0.3 is 17.9 Å². The van der Waals surface area contributed by atoms with E-state index in [0.717, 1.165) is 58.2 Å². The number of hydrogen-bond acceptors (Lipinski definition) is 10. The maximum absolute atomic E-state index is 10.3. The van der Waals surface area contributed by atoms with Crippen LogP contribution < -0.4 is 10.2 Å². The summed E-state index contributed by atoms with van der Waals surface area (Å²) in [5.41, 5.74) is 1.39. The number of aliphatic carboxylic acids is 3. The number of nitrogens with one attached hydrogen (secondary N) is 1. The van der Waals surface area contributed by atoms with Crippen molar-refractivity contribution in [3.05, 3.63) is 53.3 Å². The molecular formula is C32H47N5O8. The predicted molar refractivity (Wildman–Crippen MR) is 167 cm³/mol. The topological polar surface area (TPSA) is 186 Å². The lowest BCUT2D eigenvalue weighted by Crippen LogP contribution is -2.62. The molecule has 13 nitrogen and oxygen atoms in total. The van der Waals surface area contributed by atoms with E-state index in [1.807, 2.05) is 12.4 Å². The summed E-state index contributed by atoms with van der Waals surface area (Å²) in [7, 11) is 0. The molecule has 13 heteroatoms. The Kier molecular flexibility index (Phi) is 12.0. The minimum absolute atomic E-state index is 0.104. The molecule has 248 valence electrons. The maximum atomic E-state index is 10.3. The molecule has 1 aromatic heterocycles. The van der Waals surface area contributed by atoms with Crippen LogP contribution in [0, 0.1) is 6.92 Å². The van der Waals surface area contributed by atoms with Crippen molar-refractivity contribution in [2.75, 3.05) is 31.2 Å². The Labute approximate surface area is 264 Å². The molecule has 0 spiro atoms. The minimum atomic E-state index is -2.74. The van der Waals surface area contributed by atoms with E-state index in [2.05, 4.69) is 74.0 Å². The van der Waals surface area contributed by atoms with Crippen molar-refractivity contribution >= 4 is 23.9 Å². The lowest BCUT2D eigenvalue weighted by Gasteiger charge is -2.50. The van der Waals surface area contributed by atoms with Gasteiger partial charge in [-0.3, -0.25) is 14.5 Å². The molecular weight excluding hydrogens is 582 g/mol. The zero-order valence-corrected chi connectivity index (χ0v) is 26.8. The summed E-state index contributed by atoms with van der Waals surface area (Å²) in [4.78, 5) is 44.7. The van der Waals surface area contributed by atoms with Crippen LogP contribution in [0.4, 0.5) is 5.95 Å². The summed E-state index contributed by atoms with van der Waals surface area (Å²) in [6.07, 6.45) is 3.98. The Hall–Kier alpha value is -3.65. The maximum Gasteiger partial charge on any atom is 0.336 e. The average molecular weight is 630 g/mol. The summed E-state index contributed by atoms with van der Waals surface area (Å²) in [6.45, 7) is 16.5. The number of anilines is 1. The van der Waals surface area contributed by atoms with Crippen molar-refractivity contribution in [3.63, 3.8) is 0 Å². The Morgan fingerprint density at radius 2 is 1.49 bits per heavy atom. The molecule has 2 aliphatic heterocycles. The fraction of sp³-hybridized carbons (Fsp3) is 0.594. The Morgan fingerprint density at radius 1 is 0.956 bits per heavy atom. The summed E-state index contributed by atoms with van der Waals surface area (Å²) in [5.74, 6) is -4.21. The monoisotopic (exact) mass is 629 g/mol. The molecule has 0 amide bonds. The molecule has 0 atom stereocenters. The third kappa shape index (κ3) is 11.0. The van der Waals surface area contributed by atoms with E-state index in [0.29, 0.717) is 6.04 Å². The first-order valence-corrected chi connectivity index (χ1v) is 15.1. The van der Waals surface area contributed by atoms with Gasteiger partial charge in [-0.1, -0.05) is 24.3 Å². The molecule has 0 saturated carbocycles. The summed E-state index contributed by atoms with van der Waals surface area (Å²) in [6, 6.07) is 9.23.